The smallest absolute Gasteiger partial charge is 0.324 e. The second-order valence-corrected chi connectivity index (χ2v) is 4.58. The lowest BCUT2D eigenvalue weighted by Gasteiger charge is -2.26. The van der Waals surface area contributed by atoms with Crippen LogP contribution in [0.3, 0.4) is 0 Å². The zero-order valence-corrected chi connectivity index (χ0v) is 11.3. The van der Waals surface area contributed by atoms with E-state index in [2.05, 4.69) is 0 Å². The summed E-state index contributed by atoms with van der Waals surface area (Å²) in [6.07, 6.45) is 0. The Morgan fingerprint density at radius 3 is 1.95 bits per heavy atom. The molecule has 0 unspecified atom stereocenters. The van der Waals surface area contributed by atoms with Gasteiger partial charge in [-0.25, -0.2) is 4.79 Å². The molecule has 0 spiro atoms. The molecule has 2 amide bonds. The first-order valence-electron chi connectivity index (χ1n) is 6.26. The van der Waals surface area contributed by atoms with Gasteiger partial charge in [-0.15, -0.1) is 0 Å². The molecule has 3 heteroatoms. The van der Waals surface area contributed by atoms with Crippen LogP contribution in [-0.2, 0) is 6.54 Å². The van der Waals surface area contributed by atoms with Gasteiger partial charge in [-0.1, -0.05) is 48.5 Å². The Morgan fingerprint density at radius 2 is 1.42 bits per heavy atom. The summed E-state index contributed by atoms with van der Waals surface area (Å²) in [6.45, 7) is 0.571. The molecule has 0 heterocycles. The van der Waals surface area contributed by atoms with Gasteiger partial charge < -0.3 is 4.90 Å². The Balaban J connectivity index is 2.28. The number of nitrogens with zero attached hydrogens (tertiary/aromatic N) is 2. The number of anilines is 1. The van der Waals surface area contributed by atoms with E-state index in [1.165, 1.54) is 0 Å². The molecule has 0 aliphatic carbocycles. The summed E-state index contributed by atoms with van der Waals surface area (Å²) in [5, 5.41) is 0. The molecule has 0 aliphatic rings. The minimum atomic E-state index is -0.0185. The summed E-state index contributed by atoms with van der Waals surface area (Å²) in [5.41, 5.74) is 2.02. The van der Waals surface area contributed by atoms with Crippen LogP contribution in [0.4, 0.5) is 10.5 Å². The van der Waals surface area contributed by atoms with E-state index in [1.807, 2.05) is 60.7 Å². The largest absolute Gasteiger partial charge is 0.330 e. The first-order chi connectivity index (χ1) is 9.18. The van der Waals surface area contributed by atoms with Crippen LogP contribution >= 0.6 is 0 Å². The van der Waals surface area contributed by atoms with Crippen molar-refractivity contribution >= 4 is 11.7 Å². The molecule has 0 aromatic heterocycles. The van der Waals surface area contributed by atoms with Crippen molar-refractivity contribution in [2.45, 2.75) is 6.54 Å². The standard InChI is InChI=1S/C16H18N2O/c1-17(2)16(19)18(15-11-7-4-8-12-15)13-14-9-5-3-6-10-14/h3-12H,13H2,1-2H3. The number of carbonyl (C=O) groups is 1. The third-order valence-corrected chi connectivity index (χ3v) is 2.86. The van der Waals surface area contributed by atoms with Gasteiger partial charge in [0, 0.05) is 19.8 Å². The number of rotatable bonds is 3. The van der Waals surface area contributed by atoms with Crippen LogP contribution in [0, 0.1) is 0 Å². The summed E-state index contributed by atoms with van der Waals surface area (Å²) in [6, 6.07) is 19.7. The van der Waals surface area contributed by atoms with Crippen LogP contribution in [0.15, 0.2) is 60.7 Å². The van der Waals surface area contributed by atoms with Gasteiger partial charge in [0.25, 0.3) is 0 Å². The summed E-state index contributed by atoms with van der Waals surface area (Å²) in [5.74, 6) is 0. The zero-order valence-electron chi connectivity index (χ0n) is 11.3. The van der Waals surface area contributed by atoms with Crippen molar-refractivity contribution < 1.29 is 4.79 Å². The van der Waals surface area contributed by atoms with Gasteiger partial charge >= 0.3 is 6.03 Å². The highest BCUT2D eigenvalue weighted by molar-refractivity contribution is 5.91. The van der Waals surface area contributed by atoms with Crippen LogP contribution in [0.25, 0.3) is 0 Å². The SMILES string of the molecule is CN(C)C(=O)N(Cc1ccccc1)c1ccccc1. The fourth-order valence-electron chi connectivity index (χ4n) is 1.88. The highest BCUT2D eigenvalue weighted by Gasteiger charge is 2.17. The lowest BCUT2D eigenvalue weighted by Crippen LogP contribution is -2.38. The Bertz CT molecular complexity index is 523. The van der Waals surface area contributed by atoms with Gasteiger partial charge in [0.1, 0.15) is 0 Å². The average Bonchev–Trinajstić information content (AvgIpc) is 2.46. The van der Waals surface area contributed by atoms with E-state index in [9.17, 15) is 4.79 Å². The Morgan fingerprint density at radius 1 is 0.895 bits per heavy atom. The molecule has 0 fully saturated rings. The predicted octanol–water partition coefficient (Wildman–Crippen LogP) is 3.37. The molecule has 0 saturated carbocycles. The molecule has 0 aliphatic heterocycles. The van der Waals surface area contributed by atoms with Crippen LogP contribution < -0.4 is 4.90 Å². The predicted molar refractivity (Wildman–Crippen MR) is 78.2 cm³/mol. The summed E-state index contributed by atoms with van der Waals surface area (Å²) >= 11 is 0. The van der Waals surface area contributed by atoms with E-state index in [0.717, 1.165) is 11.3 Å². The van der Waals surface area contributed by atoms with E-state index in [1.54, 1.807) is 23.9 Å². The van der Waals surface area contributed by atoms with Crippen molar-refractivity contribution in [3.63, 3.8) is 0 Å². The molecule has 0 radical (unpaired) electrons. The van der Waals surface area contributed by atoms with E-state index >= 15 is 0 Å². The van der Waals surface area contributed by atoms with E-state index in [4.69, 9.17) is 0 Å². The second-order valence-electron chi connectivity index (χ2n) is 4.58. The molecule has 0 bridgehead atoms. The van der Waals surface area contributed by atoms with Crippen molar-refractivity contribution in [3.05, 3.63) is 66.2 Å². The van der Waals surface area contributed by atoms with Gasteiger partial charge in [0.2, 0.25) is 0 Å². The third kappa shape index (κ3) is 3.35. The number of amides is 2. The monoisotopic (exact) mass is 254 g/mol. The Labute approximate surface area is 114 Å². The molecule has 2 rings (SSSR count). The summed E-state index contributed by atoms with van der Waals surface area (Å²) in [7, 11) is 3.53. The highest BCUT2D eigenvalue weighted by Crippen LogP contribution is 2.18. The Kier molecular flexibility index (Phi) is 4.18. The van der Waals surface area contributed by atoms with Gasteiger partial charge in [-0.2, -0.15) is 0 Å². The summed E-state index contributed by atoms with van der Waals surface area (Å²) < 4.78 is 0. The number of hydrogen-bond acceptors (Lipinski definition) is 1. The lowest BCUT2D eigenvalue weighted by molar-refractivity contribution is 0.223. The quantitative estimate of drug-likeness (QED) is 0.823. The van der Waals surface area contributed by atoms with Crippen molar-refractivity contribution in [3.8, 4) is 0 Å². The highest BCUT2D eigenvalue weighted by atomic mass is 16.2. The van der Waals surface area contributed by atoms with Gasteiger partial charge in [0.05, 0.1) is 6.54 Å². The van der Waals surface area contributed by atoms with E-state index < -0.39 is 0 Å². The first-order valence-corrected chi connectivity index (χ1v) is 6.26. The molecule has 0 saturated heterocycles. The first kappa shape index (κ1) is 13.1. The maximum atomic E-state index is 12.3. The molecule has 0 N–H and O–H groups in total. The fraction of sp³-hybridized carbons (Fsp3) is 0.188. The number of hydrogen-bond donors (Lipinski definition) is 0. The number of carbonyl (C=O) groups excluding carboxylic acids is 1. The average molecular weight is 254 g/mol. The van der Waals surface area contributed by atoms with Crippen molar-refractivity contribution in [1.82, 2.24) is 4.90 Å². The van der Waals surface area contributed by atoms with Gasteiger partial charge in [-0.05, 0) is 17.7 Å². The summed E-state index contributed by atoms with van der Waals surface area (Å²) in [4.78, 5) is 15.7. The van der Waals surface area contributed by atoms with Crippen LogP contribution in [-0.4, -0.2) is 25.0 Å². The molecule has 2 aromatic carbocycles. The number of urea groups is 1. The molecule has 2 aromatic rings. The molecule has 19 heavy (non-hydrogen) atoms. The molecular formula is C16H18N2O. The van der Waals surface area contributed by atoms with Crippen LogP contribution in [0.1, 0.15) is 5.56 Å². The lowest BCUT2D eigenvalue weighted by atomic mass is 10.2. The molecule has 98 valence electrons. The van der Waals surface area contributed by atoms with E-state index in [0.29, 0.717) is 6.54 Å². The van der Waals surface area contributed by atoms with Gasteiger partial charge in [0.15, 0.2) is 0 Å². The second kappa shape index (κ2) is 6.05. The topological polar surface area (TPSA) is 23.6 Å². The van der Waals surface area contributed by atoms with Crippen molar-refractivity contribution in [2.75, 3.05) is 19.0 Å². The number of para-hydroxylation sites is 1. The Hall–Kier alpha value is -2.29. The molecule has 3 nitrogen and oxygen atoms in total. The molecular weight excluding hydrogens is 236 g/mol. The van der Waals surface area contributed by atoms with Crippen LogP contribution in [0.2, 0.25) is 0 Å². The normalized spacial score (nSPS) is 10.0. The van der Waals surface area contributed by atoms with Crippen molar-refractivity contribution in [1.29, 1.82) is 0 Å². The molecule has 0 atom stereocenters. The minimum absolute atomic E-state index is 0.0185. The maximum Gasteiger partial charge on any atom is 0.324 e. The van der Waals surface area contributed by atoms with Crippen molar-refractivity contribution in [2.24, 2.45) is 0 Å². The number of benzene rings is 2. The van der Waals surface area contributed by atoms with E-state index in [-0.39, 0.29) is 6.03 Å². The minimum Gasteiger partial charge on any atom is -0.330 e. The van der Waals surface area contributed by atoms with Gasteiger partial charge in [-0.3, -0.25) is 4.90 Å². The maximum absolute atomic E-state index is 12.3. The fourth-order valence-corrected chi connectivity index (χ4v) is 1.88. The zero-order chi connectivity index (χ0) is 13.7. The third-order valence-electron chi connectivity index (χ3n) is 2.86. The van der Waals surface area contributed by atoms with Crippen LogP contribution in [0.5, 0.6) is 0 Å².